The Balaban J connectivity index is 1.55. The van der Waals surface area contributed by atoms with E-state index in [2.05, 4.69) is 9.88 Å². The summed E-state index contributed by atoms with van der Waals surface area (Å²) >= 11 is 6.09. The van der Waals surface area contributed by atoms with Crippen molar-refractivity contribution in [1.29, 1.82) is 0 Å². The first-order valence-electron chi connectivity index (χ1n) is 9.03. The lowest BCUT2D eigenvalue weighted by molar-refractivity contribution is -0.139. The van der Waals surface area contributed by atoms with Crippen LogP contribution in [0.3, 0.4) is 0 Å². The molecular weight excluding hydrogens is 382 g/mol. The van der Waals surface area contributed by atoms with E-state index >= 15 is 0 Å². The zero-order valence-corrected chi connectivity index (χ0v) is 16.1. The molecule has 28 heavy (non-hydrogen) atoms. The van der Waals surface area contributed by atoms with Gasteiger partial charge in [-0.1, -0.05) is 17.7 Å². The predicted molar refractivity (Wildman–Crippen MR) is 104 cm³/mol. The Bertz CT molecular complexity index is 823. The molecule has 0 bridgehead atoms. The van der Waals surface area contributed by atoms with Crippen LogP contribution in [0.5, 0.6) is 5.75 Å². The summed E-state index contributed by atoms with van der Waals surface area (Å²) in [6.07, 6.45) is 3.76. The zero-order valence-electron chi connectivity index (χ0n) is 15.4. The van der Waals surface area contributed by atoms with Crippen LogP contribution in [0.2, 0.25) is 5.02 Å². The number of hydrogen-bond donors (Lipinski definition) is 1. The van der Waals surface area contributed by atoms with Crippen LogP contribution in [0.1, 0.15) is 11.1 Å². The van der Waals surface area contributed by atoms with Gasteiger partial charge in [0.25, 0.3) is 0 Å². The highest BCUT2D eigenvalue weighted by Gasteiger charge is 2.22. The highest BCUT2D eigenvalue weighted by Crippen LogP contribution is 2.25. The third-order valence-electron chi connectivity index (χ3n) is 4.57. The van der Waals surface area contributed by atoms with Crippen LogP contribution < -0.4 is 4.74 Å². The molecule has 1 saturated heterocycles. The number of halogens is 1. The number of aliphatic carboxylic acids is 1. The van der Waals surface area contributed by atoms with Gasteiger partial charge in [-0.05, 0) is 29.8 Å². The van der Waals surface area contributed by atoms with Crippen molar-refractivity contribution in [1.82, 2.24) is 14.8 Å². The fourth-order valence-corrected chi connectivity index (χ4v) is 3.33. The molecule has 1 N–H and O–H groups in total. The molecule has 1 fully saturated rings. The number of ether oxygens (including phenoxy) is 1. The van der Waals surface area contributed by atoms with Gasteiger partial charge in [0, 0.05) is 55.7 Å². The number of benzene rings is 1. The van der Waals surface area contributed by atoms with E-state index in [4.69, 9.17) is 21.4 Å². The van der Waals surface area contributed by atoms with Gasteiger partial charge < -0.3 is 14.7 Å². The number of carboxylic acids is 1. The summed E-state index contributed by atoms with van der Waals surface area (Å²) in [5, 5.41) is 9.40. The fraction of sp³-hybridized carbons (Fsp3) is 0.350. The van der Waals surface area contributed by atoms with E-state index in [-0.39, 0.29) is 5.91 Å². The van der Waals surface area contributed by atoms with Crippen LogP contribution >= 0.6 is 11.6 Å². The molecule has 0 saturated carbocycles. The first-order valence-corrected chi connectivity index (χ1v) is 9.41. The number of carboxylic acid groups (broad SMARTS) is 1. The van der Waals surface area contributed by atoms with Gasteiger partial charge in [0.15, 0.2) is 6.61 Å². The van der Waals surface area contributed by atoms with Crippen LogP contribution in [0.25, 0.3) is 0 Å². The monoisotopic (exact) mass is 403 g/mol. The highest BCUT2D eigenvalue weighted by molar-refractivity contribution is 6.30. The Kier molecular flexibility index (Phi) is 6.84. The number of carbonyl (C=O) groups is 2. The van der Waals surface area contributed by atoms with Crippen LogP contribution in [0, 0.1) is 0 Å². The maximum absolute atomic E-state index is 12.5. The molecular formula is C20H22ClN3O4. The minimum atomic E-state index is -1.03. The maximum Gasteiger partial charge on any atom is 0.341 e. The van der Waals surface area contributed by atoms with Gasteiger partial charge >= 0.3 is 5.97 Å². The van der Waals surface area contributed by atoms with E-state index in [1.807, 2.05) is 17.0 Å². The molecule has 1 aliphatic rings. The number of piperazine rings is 1. The molecule has 0 atom stereocenters. The molecule has 0 radical (unpaired) electrons. The Hall–Kier alpha value is -2.64. The average molecular weight is 404 g/mol. The van der Waals surface area contributed by atoms with E-state index in [1.165, 1.54) is 0 Å². The van der Waals surface area contributed by atoms with E-state index < -0.39 is 12.6 Å². The van der Waals surface area contributed by atoms with Crippen molar-refractivity contribution in [2.75, 3.05) is 32.8 Å². The van der Waals surface area contributed by atoms with Crippen molar-refractivity contribution < 1.29 is 19.4 Å². The number of amides is 1. The van der Waals surface area contributed by atoms with Crippen molar-refractivity contribution in [3.05, 3.63) is 58.9 Å². The second-order valence-corrected chi connectivity index (χ2v) is 7.07. The molecule has 2 aromatic rings. The molecule has 0 spiro atoms. The van der Waals surface area contributed by atoms with Crippen molar-refractivity contribution in [2.24, 2.45) is 0 Å². The summed E-state index contributed by atoms with van der Waals surface area (Å²) < 4.78 is 5.37. The second-order valence-electron chi connectivity index (χ2n) is 6.63. The van der Waals surface area contributed by atoms with E-state index in [9.17, 15) is 9.59 Å². The molecule has 3 rings (SSSR count). The lowest BCUT2D eigenvalue weighted by Gasteiger charge is -2.35. The fourth-order valence-electron chi connectivity index (χ4n) is 3.14. The molecule has 0 aliphatic carbocycles. The summed E-state index contributed by atoms with van der Waals surface area (Å²) in [5.41, 5.74) is 1.75. The Morgan fingerprint density at radius 2 is 1.96 bits per heavy atom. The van der Waals surface area contributed by atoms with Gasteiger partial charge in [-0.25, -0.2) is 4.79 Å². The predicted octanol–water partition coefficient (Wildman–Crippen LogP) is 2.09. The summed E-state index contributed by atoms with van der Waals surface area (Å²) in [6.45, 7) is 2.93. The second kappa shape index (κ2) is 9.52. The molecule has 7 nitrogen and oxygen atoms in total. The van der Waals surface area contributed by atoms with Crippen LogP contribution in [0.4, 0.5) is 0 Å². The first kappa shape index (κ1) is 20.1. The number of rotatable bonds is 7. The third kappa shape index (κ3) is 5.68. The smallest absolute Gasteiger partial charge is 0.341 e. The van der Waals surface area contributed by atoms with Gasteiger partial charge in [0.1, 0.15) is 5.75 Å². The summed E-state index contributed by atoms with van der Waals surface area (Å²) in [7, 11) is 0. The average Bonchev–Trinajstić information content (AvgIpc) is 2.68. The molecule has 1 aromatic heterocycles. The van der Waals surface area contributed by atoms with Crippen LogP contribution in [-0.4, -0.2) is 64.6 Å². The lowest BCUT2D eigenvalue weighted by atomic mass is 10.1. The molecule has 1 aromatic carbocycles. The van der Waals surface area contributed by atoms with Gasteiger partial charge in [-0.15, -0.1) is 0 Å². The number of hydrogen-bond acceptors (Lipinski definition) is 5. The van der Waals surface area contributed by atoms with E-state index in [1.54, 1.807) is 30.6 Å². The van der Waals surface area contributed by atoms with Crippen molar-refractivity contribution in [3.8, 4) is 5.75 Å². The van der Waals surface area contributed by atoms with Gasteiger partial charge in [0.2, 0.25) is 5.91 Å². The Morgan fingerprint density at radius 3 is 2.64 bits per heavy atom. The summed E-state index contributed by atoms with van der Waals surface area (Å²) in [4.78, 5) is 31.3. The Morgan fingerprint density at radius 1 is 1.18 bits per heavy atom. The first-order chi connectivity index (χ1) is 13.5. The maximum atomic E-state index is 12.5. The van der Waals surface area contributed by atoms with Crippen LogP contribution in [-0.2, 0) is 22.6 Å². The molecule has 148 valence electrons. The van der Waals surface area contributed by atoms with Gasteiger partial charge in [-0.3, -0.25) is 14.7 Å². The minimum absolute atomic E-state index is 0.0980. The number of pyridine rings is 1. The third-order valence-corrected chi connectivity index (χ3v) is 4.81. The van der Waals surface area contributed by atoms with Crippen molar-refractivity contribution in [3.63, 3.8) is 0 Å². The zero-order chi connectivity index (χ0) is 19.9. The van der Waals surface area contributed by atoms with Crippen molar-refractivity contribution >= 4 is 23.5 Å². The summed E-state index contributed by atoms with van der Waals surface area (Å²) in [6, 6.07) is 8.89. The normalized spacial score (nSPS) is 14.7. The topological polar surface area (TPSA) is 83.0 Å². The standard InChI is InChI=1S/C20H22ClN3O4/c21-17-3-4-18(28-14-20(26)27)16(11-17)13-23-6-8-24(9-7-23)19(25)10-15-2-1-5-22-12-15/h1-5,11-12H,6-10,13-14H2,(H,26,27). The SMILES string of the molecule is O=C(O)COc1ccc(Cl)cc1CN1CCN(C(=O)Cc2cccnc2)CC1. The lowest BCUT2D eigenvalue weighted by Crippen LogP contribution is -2.48. The quantitative estimate of drug-likeness (QED) is 0.762. The minimum Gasteiger partial charge on any atom is -0.482 e. The molecule has 8 heteroatoms. The van der Waals surface area contributed by atoms with E-state index in [0.29, 0.717) is 36.8 Å². The van der Waals surface area contributed by atoms with Crippen molar-refractivity contribution in [2.45, 2.75) is 13.0 Å². The largest absolute Gasteiger partial charge is 0.482 e. The van der Waals surface area contributed by atoms with Gasteiger partial charge in [0.05, 0.1) is 6.42 Å². The Labute approximate surface area is 168 Å². The number of carbonyl (C=O) groups excluding carboxylic acids is 1. The van der Waals surface area contributed by atoms with E-state index in [0.717, 1.165) is 24.2 Å². The molecule has 0 unspecified atom stereocenters. The van der Waals surface area contributed by atoms with Crippen LogP contribution in [0.15, 0.2) is 42.7 Å². The van der Waals surface area contributed by atoms with Gasteiger partial charge in [-0.2, -0.15) is 0 Å². The highest BCUT2D eigenvalue weighted by atomic mass is 35.5. The number of nitrogens with zero attached hydrogens (tertiary/aromatic N) is 3. The number of aromatic nitrogens is 1. The molecule has 2 heterocycles. The summed E-state index contributed by atoms with van der Waals surface area (Å²) in [5.74, 6) is -0.413. The molecule has 1 aliphatic heterocycles. The molecule has 1 amide bonds.